The van der Waals surface area contributed by atoms with E-state index in [2.05, 4.69) is 10.1 Å². The highest BCUT2D eigenvalue weighted by Crippen LogP contribution is 2.31. The van der Waals surface area contributed by atoms with E-state index in [4.69, 9.17) is 0 Å². The predicted molar refractivity (Wildman–Crippen MR) is 84.8 cm³/mol. The van der Waals surface area contributed by atoms with Crippen LogP contribution in [0.15, 0.2) is 48.5 Å². The van der Waals surface area contributed by atoms with Gasteiger partial charge in [-0.3, -0.25) is 4.79 Å². The fraction of sp³-hybridized carbons (Fsp3) is 0.222. The van der Waals surface area contributed by atoms with E-state index in [0.29, 0.717) is 5.56 Å². The number of alkyl halides is 3. The van der Waals surface area contributed by atoms with E-state index in [1.54, 1.807) is 0 Å². The topological polar surface area (TPSA) is 55.4 Å². The first-order valence-corrected chi connectivity index (χ1v) is 7.51. The molecule has 1 amide bonds. The first-order valence-electron chi connectivity index (χ1n) is 7.51. The normalized spacial score (nSPS) is 12.3. The van der Waals surface area contributed by atoms with Gasteiger partial charge < -0.3 is 10.1 Å². The monoisotopic (exact) mass is 369 g/mol. The molecule has 0 bridgehead atoms. The van der Waals surface area contributed by atoms with Crippen LogP contribution in [-0.2, 0) is 22.1 Å². The summed E-state index contributed by atoms with van der Waals surface area (Å²) in [5, 5.41) is 2.23. The van der Waals surface area contributed by atoms with Crippen LogP contribution in [0.1, 0.15) is 21.5 Å². The molecule has 8 heteroatoms. The van der Waals surface area contributed by atoms with E-state index in [0.717, 1.165) is 31.4 Å². The minimum Gasteiger partial charge on any atom is -0.467 e. The third kappa shape index (κ3) is 4.81. The van der Waals surface area contributed by atoms with Crippen LogP contribution in [-0.4, -0.2) is 25.0 Å². The maximum Gasteiger partial charge on any atom is 0.417 e. The van der Waals surface area contributed by atoms with Crippen molar-refractivity contribution in [2.24, 2.45) is 0 Å². The molecular formula is C18H15F4NO3. The Labute approximate surface area is 146 Å². The minimum atomic E-state index is -4.72. The van der Waals surface area contributed by atoms with Crippen molar-refractivity contribution in [1.29, 1.82) is 0 Å². The Hall–Kier alpha value is -2.90. The summed E-state index contributed by atoms with van der Waals surface area (Å²) in [6.07, 6.45) is -4.86. The summed E-state index contributed by atoms with van der Waals surface area (Å²) >= 11 is 0. The molecule has 0 heterocycles. The summed E-state index contributed by atoms with van der Waals surface area (Å²) in [6.45, 7) is 0. The lowest BCUT2D eigenvalue weighted by Crippen LogP contribution is -2.43. The smallest absolute Gasteiger partial charge is 0.417 e. The zero-order valence-electron chi connectivity index (χ0n) is 13.6. The van der Waals surface area contributed by atoms with E-state index >= 15 is 0 Å². The zero-order valence-corrected chi connectivity index (χ0v) is 13.6. The summed E-state index contributed by atoms with van der Waals surface area (Å²) in [5.74, 6) is -2.48. The lowest BCUT2D eigenvalue weighted by atomic mass is 10.0. The van der Waals surface area contributed by atoms with Gasteiger partial charge in [0.05, 0.1) is 18.2 Å². The molecule has 26 heavy (non-hydrogen) atoms. The van der Waals surface area contributed by atoms with Crippen LogP contribution in [0.3, 0.4) is 0 Å². The lowest BCUT2D eigenvalue weighted by Gasteiger charge is -2.18. The third-order valence-corrected chi connectivity index (χ3v) is 3.60. The molecule has 2 aromatic carbocycles. The Morgan fingerprint density at radius 2 is 1.81 bits per heavy atom. The Balaban J connectivity index is 2.26. The number of carbonyl (C=O) groups is 2. The molecule has 0 saturated carbocycles. The van der Waals surface area contributed by atoms with Crippen molar-refractivity contribution >= 4 is 11.9 Å². The van der Waals surface area contributed by atoms with Gasteiger partial charge in [-0.1, -0.05) is 24.3 Å². The van der Waals surface area contributed by atoms with Gasteiger partial charge in [-0.05, 0) is 29.8 Å². The van der Waals surface area contributed by atoms with Crippen LogP contribution in [0.2, 0.25) is 0 Å². The fourth-order valence-electron chi connectivity index (χ4n) is 2.40. The summed E-state index contributed by atoms with van der Waals surface area (Å²) < 4.78 is 57.0. The molecule has 0 unspecified atom stereocenters. The summed E-state index contributed by atoms with van der Waals surface area (Å²) in [6, 6.07) is 8.25. The fourth-order valence-corrected chi connectivity index (χ4v) is 2.40. The van der Waals surface area contributed by atoms with Crippen LogP contribution >= 0.6 is 0 Å². The molecule has 0 aromatic heterocycles. The highest BCUT2D eigenvalue weighted by molar-refractivity contribution is 5.98. The van der Waals surface area contributed by atoms with Crippen molar-refractivity contribution in [2.75, 3.05) is 7.11 Å². The molecule has 2 rings (SSSR count). The lowest BCUT2D eigenvalue weighted by molar-refractivity contribution is -0.142. The number of halogens is 4. The van der Waals surface area contributed by atoms with Gasteiger partial charge >= 0.3 is 12.1 Å². The first-order chi connectivity index (χ1) is 12.2. The van der Waals surface area contributed by atoms with Crippen molar-refractivity contribution in [3.8, 4) is 0 Å². The van der Waals surface area contributed by atoms with Gasteiger partial charge in [0.1, 0.15) is 11.9 Å². The zero-order chi connectivity index (χ0) is 19.3. The minimum absolute atomic E-state index is 0.135. The first kappa shape index (κ1) is 19.4. The van der Waals surface area contributed by atoms with E-state index in [-0.39, 0.29) is 6.42 Å². The van der Waals surface area contributed by atoms with Crippen LogP contribution in [0.5, 0.6) is 0 Å². The highest BCUT2D eigenvalue weighted by Gasteiger charge is 2.35. The summed E-state index contributed by atoms with van der Waals surface area (Å²) in [4.78, 5) is 24.2. The third-order valence-electron chi connectivity index (χ3n) is 3.60. The average molecular weight is 369 g/mol. The van der Waals surface area contributed by atoms with Crippen molar-refractivity contribution in [1.82, 2.24) is 5.32 Å². The van der Waals surface area contributed by atoms with Gasteiger partial charge in [-0.2, -0.15) is 13.2 Å². The summed E-state index contributed by atoms with van der Waals surface area (Å²) in [7, 11) is 1.08. The van der Waals surface area contributed by atoms with Crippen molar-refractivity contribution < 1.29 is 31.9 Å². The second-order valence-electron chi connectivity index (χ2n) is 5.43. The Kier molecular flexibility index (Phi) is 5.97. The van der Waals surface area contributed by atoms with E-state index in [1.165, 1.54) is 24.3 Å². The number of esters is 1. The Bertz CT molecular complexity index is 805. The predicted octanol–water partition coefficient (Wildman–Crippen LogP) is 3.36. The second-order valence-corrected chi connectivity index (χ2v) is 5.43. The molecule has 138 valence electrons. The van der Waals surface area contributed by atoms with Gasteiger partial charge in [0.2, 0.25) is 0 Å². The van der Waals surface area contributed by atoms with Gasteiger partial charge in [0, 0.05) is 6.42 Å². The number of nitrogens with one attached hydrogen (secondary N) is 1. The molecule has 0 aliphatic carbocycles. The Morgan fingerprint density at radius 1 is 1.12 bits per heavy atom. The van der Waals surface area contributed by atoms with Crippen LogP contribution in [0.4, 0.5) is 17.6 Å². The number of hydrogen-bond donors (Lipinski definition) is 1. The molecule has 0 aliphatic heterocycles. The van der Waals surface area contributed by atoms with Crippen LogP contribution in [0.25, 0.3) is 0 Å². The molecule has 0 aliphatic rings. The number of methoxy groups -OCH3 is 1. The molecule has 1 N–H and O–H groups in total. The number of benzene rings is 2. The van der Waals surface area contributed by atoms with Crippen molar-refractivity contribution in [3.05, 3.63) is 71.0 Å². The summed E-state index contributed by atoms with van der Waals surface area (Å²) in [5.41, 5.74) is -1.36. The van der Waals surface area contributed by atoms with E-state index < -0.39 is 41.0 Å². The number of hydrogen-bond acceptors (Lipinski definition) is 3. The van der Waals surface area contributed by atoms with Crippen LogP contribution < -0.4 is 5.32 Å². The average Bonchev–Trinajstić information content (AvgIpc) is 2.59. The standard InChI is InChI=1S/C18H15F4NO3/c1-26-17(25)15(10-11-5-4-6-12(19)9-11)23-16(24)13-7-2-3-8-14(13)18(20,21)22/h2-9,15H,10H2,1H3,(H,23,24)/t15-/m0/s1. The molecular weight excluding hydrogens is 354 g/mol. The van der Waals surface area contributed by atoms with Crippen molar-refractivity contribution in [2.45, 2.75) is 18.6 Å². The maximum atomic E-state index is 13.3. The molecule has 0 spiro atoms. The Morgan fingerprint density at radius 3 is 2.42 bits per heavy atom. The molecule has 2 aromatic rings. The largest absolute Gasteiger partial charge is 0.467 e. The van der Waals surface area contributed by atoms with Crippen molar-refractivity contribution in [3.63, 3.8) is 0 Å². The van der Waals surface area contributed by atoms with E-state index in [9.17, 15) is 27.2 Å². The van der Waals surface area contributed by atoms with Gasteiger partial charge in [-0.15, -0.1) is 0 Å². The second kappa shape index (κ2) is 7.99. The molecule has 1 atom stereocenters. The maximum absolute atomic E-state index is 13.3. The number of carbonyl (C=O) groups excluding carboxylic acids is 2. The molecule has 0 radical (unpaired) electrons. The number of ether oxygens (including phenoxy) is 1. The van der Waals surface area contributed by atoms with Gasteiger partial charge in [-0.25, -0.2) is 9.18 Å². The van der Waals surface area contributed by atoms with Crippen LogP contribution in [0, 0.1) is 5.82 Å². The van der Waals surface area contributed by atoms with Gasteiger partial charge in [0.25, 0.3) is 5.91 Å². The highest BCUT2D eigenvalue weighted by atomic mass is 19.4. The number of amides is 1. The number of rotatable bonds is 5. The van der Waals surface area contributed by atoms with Gasteiger partial charge in [0.15, 0.2) is 0 Å². The molecule has 0 saturated heterocycles. The SMILES string of the molecule is COC(=O)[C@H](Cc1cccc(F)c1)NC(=O)c1ccccc1C(F)(F)F. The molecule has 0 fully saturated rings. The van der Waals surface area contributed by atoms with E-state index in [1.807, 2.05) is 0 Å². The quantitative estimate of drug-likeness (QED) is 0.650. The molecule has 4 nitrogen and oxygen atoms in total.